The summed E-state index contributed by atoms with van der Waals surface area (Å²) >= 11 is 0. The molecule has 1 rings (SSSR count). The van der Waals surface area contributed by atoms with E-state index in [-0.39, 0.29) is 17.2 Å². The van der Waals surface area contributed by atoms with Crippen LogP contribution in [0.5, 0.6) is 5.75 Å². The minimum Gasteiger partial charge on any atom is -0.506 e. The van der Waals surface area contributed by atoms with Gasteiger partial charge in [-0.05, 0) is 19.1 Å². The average molecular weight is 181 g/mol. The maximum atomic E-state index is 10.8. The van der Waals surface area contributed by atoms with Gasteiger partial charge in [0.2, 0.25) is 0 Å². The fourth-order valence-electron chi connectivity index (χ4n) is 0.808. The predicted molar refractivity (Wildman–Crippen MR) is 52.0 cm³/mol. The van der Waals surface area contributed by atoms with E-state index < -0.39 is 0 Å². The highest BCUT2D eigenvalue weighted by molar-refractivity contribution is 5.94. The van der Waals surface area contributed by atoms with E-state index in [4.69, 9.17) is 5.11 Å². The average Bonchev–Trinajstić information content (AvgIpc) is 2.12. The molecule has 0 fully saturated rings. The van der Waals surface area contributed by atoms with Crippen LogP contribution in [0, 0.1) is 6.92 Å². The number of pyridine rings is 1. The van der Waals surface area contributed by atoms with Gasteiger partial charge in [0, 0.05) is 12.6 Å². The number of hydrogen-bond acceptors (Lipinski definition) is 3. The van der Waals surface area contributed by atoms with Gasteiger partial charge in [-0.15, -0.1) is 0 Å². The van der Waals surface area contributed by atoms with Crippen molar-refractivity contribution in [3.8, 4) is 5.75 Å². The third-order valence-electron chi connectivity index (χ3n) is 1.35. The Bertz CT molecular complexity index is 295. The van der Waals surface area contributed by atoms with Gasteiger partial charge < -0.3 is 5.11 Å². The molecule has 0 aromatic carbocycles. The molecule has 0 amide bonds. The van der Waals surface area contributed by atoms with Crippen molar-refractivity contribution in [3.05, 3.63) is 23.5 Å². The molecule has 0 aliphatic rings. The standard InChI is InChI=1S/C8H9NO2.C2H6/c1-5-3-4-7(11)8(9-5)6(2)10;1-2/h3-4,11H,1-2H3;1-2H3. The van der Waals surface area contributed by atoms with Crippen molar-refractivity contribution in [2.75, 3.05) is 0 Å². The summed E-state index contributed by atoms with van der Waals surface area (Å²) in [6.45, 7) is 7.15. The molecule has 72 valence electrons. The Morgan fingerprint density at radius 3 is 2.31 bits per heavy atom. The molecule has 3 nitrogen and oxygen atoms in total. The van der Waals surface area contributed by atoms with Gasteiger partial charge in [-0.1, -0.05) is 13.8 Å². The fraction of sp³-hybridized carbons (Fsp3) is 0.400. The summed E-state index contributed by atoms with van der Waals surface area (Å²) in [5.74, 6) is -0.269. The third kappa shape index (κ3) is 3.23. The highest BCUT2D eigenvalue weighted by Crippen LogP contribution is 2.14. The molecule has 1 aromatic heterocycles. The number of aromatic nitrogens is 1. The van der Waals surface area contributed by atoms with Crippen LogP contribution in [0.1, 0.15) is 37.0 Å². The Balaban J connectivity index is 0.000000671. The zero-order valence-electron chi connectivity index (χ0n) is 8.46. The van der Waals surface area contributed by atoms with Crippen LogP contribution >= 0.6 is 0 Å². The van der Waals surface area contributed by atoms with Crippen LogP contribution < -0.4 is 0 Å². The van der Waals surface area contributed by atoms with Gasteiger partial charge >= 0.3 is 0 Å². The van der Waals surface area contributed by atoms with Gasteiger partial charge in [-0.2, -0.15) is 0 Å². The van der Waals surface area contributed by atoms with E-state index >= 15 is 0 Å². The summed E-state index contributed by atoms with van der Waals surface area (Å²) in [7, 11) is 0. The highest BCUT2D eigenvalue weighted by Gasteiger charge is 2.06. The number of aromatic hydroxyl groups is 1. The normalized spacial score (nSPS) is 8.62. The Hall–Kier alpha value is -1.38. The molecular formula is C10H15NO2. The molecule has 1 heterocycles. The number of aryl methyl sites for hydroxylation is 1. The SMILES string of the molecule is CC.CC(=O)c1nc(C)ccc1O. The van der Waals surface area contributed by atoms with E-state index in [9.17, 15) is 4.79 Å². The number of Topliss-reactive ketones (excluding diaryl/α,β-unsaturated/α-hetero) is 1. The van der Waals surface area contributed by atoms with Crippen LogP contribution in [0.3, 0.4) is 0 Å². The minimum absolute atomic E-state index is 0.0527. The number of nitrogens with zero attached hydrogens (tertiary/aromatic N) is 1. The summed E-state index contributed by atoms with van der Waals surface area (Å²) in [5, 5.41) is 9.12. The molecule has 1 aromatic rings. The molecule has 0 aliphatic heterocycles. The van der Waals surface area contributed by atoms with E-state index in [1.54, 1.807) is 13.0 Å². The van der Waals surface area contributed by atoms with Crippen molar-refractivity contribution in [1.82, 2.24) is 4.98 Å². The molecule has 13 heavy (non-hydrogen) atoms. The number of carbonyl (C=O) groups excluding carboxylic acids is 1. The first kappa shape index (κ1) is 11.6. The van der Waals surface area contributed by atoms with Gasteiger partial charge in [0.05, 0.1) is 0 Å². The molecule has 0 spiro atoms. The van der Waals surface area contributed by atoms with Gasteiger partial charge in [-0.3, -0.25) is 4.79 Å². The van der Waals surface area contributed by atoms with Gasteiger partial charge in [0.1, 0.15) is 11.4 Å². The summed E-state index contributed by atoms with van der Waals surface area (Å²) in [5.41, 5.74) is 0.873. The summed E-state index contributed by atoms with van der Waals surface area (Å²) in [4.78, 5) is 14.7. The number of hydrogen-bond donors (Lipinski definition) is 1. The van der Waals surface area contributed by atoms with Crippen molar-refractivity contribution < 1.29 is 9.90 Å². The first-order valence-electron chi connectivity index (χ1n) is 4.29. The molecule has 0 bridgehead atoms. The van der Waals surface area contributed by atoms with E-state index in [1.807, 2.05) is 13.8 Å². The summed E-state index contributed by atoms with van der Waals surface area (Å²) in [6.07, 6.45) is 0. The molecule has 0 saturated heterocycles. The van der Waals surface area contributed by atoms with Crippen molar-refractivity contribution in [2.45, 2.75) is 27.7 Å². The quantitative estimate of drug-likeness (QED) is 0.676. The molecule has 0 aliphatic carbocycles. The monoisotopic (exact) mass is 181 g/mol. The largest absolute Gasteiger partial charge is 0.506 e. The number of ketones is 1. The van der Waals surface area contributed by atoms with E-state index in [2.05, 4.69) is 4.98 Å². The van der Waals surface area contributed by atoms with Crippen LogP contribution in [-0.4, -0.2) is 15.9 Å². The van der Waals surface area contributed by atoms with Crippen LogP contribution in [0.2, 0.25) is 0 Å². The molecule has 1 N–H and O–H groups in total. The zero-order valence-corrected chi connectivity index (χ0v) is 8.46. The zero-order chi connectivity index (χ0) is 10.4. The molecule has 0 saturated carbocycles. The Morgan fingerprint density at radius 1 is 1.38 bits per heavy atom. The number of rotatable bonds is 1. The first-order valence-corrected chi connectivity index (χ1v) is 4.29. The van der Waals surface area contributed by atoms with Crippen LogP contribution in [-0.2, 0) is 0 Å². The lowest BCUT2D eigenvalue weighted by atomic mass is 10.2. The fourth-order valence-corrected chi connectivity index (χ4v) is 0.808. The van der Waals surface area contributed by atoms with Crippen molar-refractivity contribution >= 4 is 5.78 Å². The second kappa shape index (κ2) is 5.30. The third-order valence-corrected chi connectivity index (χ3v) is 1.35. The van der Waals surface area contributed by atoms with Crippen LogP contribution in [0.4, 0.5) is 0 Å². The Morgan fingerprint density at radius 2 is 1.92 bits per heavy atom. The lowest BCUT2D eigenvalue weighted by molar-refractivity contribution is 0.101. The second-order valence-corrected chi connectivity index (χ2v) is 2.38. The smallest absolute Gasteiger partial charge is 0.181 e. The van der Waals surface area contributed by atoms with E-state index in [1.165, 1.54) is 13.0 Å². The van der Waals surface area contributed by atoms with Crippen LogP contribution in [0.25, 0.3) is 0 Å². The van der Waals surface area contributed by atoms with E-state index in [0.717, 1.165) is 5.69 Å². The van der Waals surface area contributed by atoms with Crippen molar-refractivity contribution in [2.24, 2.45) is 0 Å². The Kier molecular flexibility index (Phi) is 4.74. The molecule has 3 heteroatoms. The topological polar surface area (TPSA) is 50.2 Å². The highest BCUT2D eigenvalue weighted by atomic mass is 16.3. The summed E-state index contributed by atoms with van der Waals surface area (Å²) in [6, 6.07) is 3.13. The number of carbonyl (C=O) groups is 1. The van der Waals surface area contributed by atoms with Gasteiger partial charge in [-0.25, -0.2) is 4.98 Å². The van der Waals surface area contributed by atoms with Crippen LogP contribution in [0.15, 0.2) is 12.1 Å². The van der Waals surface area contributed by atoms with Crippen molar-refractivity contribution in [3.63, 3.8) is 0 Å². The molecule has 0 radical (unpaired) electrons. The minimum atomic E-state index is -0.216. The maximum absolute atomic E-state index is 10.8. The first-order chi connectivity index (χ1) is 6.11. The lowest BCUT2D eigenvalue weighted by Gasteiger charge is -1.99. The lowest BCUT2D eigenvalue weighted by Crippen LogP contribution is -1.98. The molecular weight excluding hydrogens is 166 g/mol. The van der Waals surface area contributed by atoms with Gasteiger partial charge in [0.25, 0.3) is 0 Å². The summed E-state index contributed by atoms with van der Waals surface area (Å²) < 4.78 is 0. The van der Waals surface area contributed by atoms with E-state index in [0.29, 0.717) is 0 Å². The predicted octanol–water partition coefficient (Wildman–Crippen LogP) is 2.32. The second-order valence-electron chi connectivity index (χ2n) is 2.38. The Labute approximate surface area is 78.4 Å². The maximum Gasteiger partial charge on any atom is 0.181 e. The van der Waals surface area contributed by atoms with Crippen molar-refractivity contribution in [1.29, 1.82) is 0 Å². The van der Waals surface area contributed by atoms with Gasteiger partial charge in [0.15, 0.2) is 5.78 Å². The molecule has 0 atom stereocenters. The molecule has 0 unspecified atom stereocenters.